The van der Waals surface area contributed by atoms with Crippen LogP contribution in [0.15, 0.2) is 36.4 Å². The van der Waals surface area contributed by atoms with Gasteiger partial charge in [0.1, 0.15) is 0 Å². The van der Waals surface area contributed by atoms with Crippen LogP contribution in [0.4, 0.5) is 11.4 Å². The summed E-state index contributed by atoms with van der Waals surface area (Å²) in [6, 6.07) is 11.3. The average molecular weight is 210 g/mol. The Kier molecular flexibility index (Phi) is 1.71. The van der Waals surface area contributed by atoms with E-state index >= 15 is 0 Å². The topological polar surface area (TPSA) is 77.8 Å². The number of fused-ring (bicyclic) bond motifs is 3. The summed E-state index contributed by atoms with van der Waals surface area (Å²) in [5, 5.41) is 10.3. The van der Waals surface area contributed by atoms with E-state index in [1.807, 2.05) is 36.4 Å². The Balaban J connectivity index is 2.50. The van der Waals surface area contributed by atoms with E-state index in [0.717, 1.165) is 21.8 Å². The zero-order valence-corrected chi connectivity index (χ0v) is 8.51. The van der Waals surface area contributed by atoms with Crippen LogP contribution < -0.4 is 11.5 Å². The fourth-order valence-corrected chi connectivity index (χ4v) is 1.83. The lowest BCUT2D eigenvalue weighted by Crippen LogP contribution is -1.91. The lowest BCUT2D eigenvalue weighted by Gasteiger charge is -2.03. The Bertz CT molecular complexity index is 630. The quantitative estimate of drug-likeness (QED) is 0.439. The lowest BCUT2D eigenvalue weighted by molar-refractivity contribution is 1.12. The van der Waals surface area contributed by atoms with Crippen molar-refractivity contribution < 1.29 is 0 Å². The van der Waals surface area contributed by atoms with Crippen LogP contribution in [0.2, 0.25) is 0 Å². The molecule has 0 unspecified atom stereocenters. The number of nitrogen functional groups attached to an aromatic ring is 2. The number of rotatable bonds is 0. The maximum Gasteiger partial charge on any atom is 0.0956 e. The molecule has 0 spiro atoms. The molecule has 1 aromatic heterocycles. The van der Waals surface area contributed by atoms with E-state index in [2.05, 4.69) is 10.2 Å². The van der Waals surface area contributed by atoms with Gasteiger partial charge >= 0.3 is 0 Å². The van der Waals surface area contributed by atoms with Crippen molar-refractivity contribution in [3.05, 3.63) is 36.4 Å². The van der Waals surface area contributed by atoms with Gasteiger partial charge in [-0.2, -0.15) is 0 Å². The summed E-state index contributed by atoms with van der Waals surface area (Å²) in [6.07, 6.45) is 0. The molecular weight excluding hydrogens is 200 g/mol. The zero-order chi connectivity index (χ0) is 11.1. The molecule has 4 N–H and O–H groups in total. The predicted molar refractivity (Wildman–Crippen MR) is 65.9 cm³/mol. The number of benzene rings is 2. The summed E-state index contributed by atoms with van der Waals surface area (Å²) in [4.78, 5) is 0. The van der Waals surface area contributed by atoms with Crippen LogP contribution in [0.5, 0.6) is 0 Å². The van der Waals surface area contributed by atoms with Crippen LogP contribution >= 0.6 is 0 Å². The molecule has 3 aromatic rings. The van der Waals surface area contributed by atoms with Gasteiger partial charge in [-0.15, -0.1) is 10.2 Å². The summed E-state index contributed by atoms with van der Waals surface area (Å²) in [7, 11) is 0. The fourth-order valence-electron chi connectivity index (χ4n) is 1.83. The van der Waals surface area contributed by atoms with E-state index < -0.39 is 0 Å². The normalized spacial score (nSPS) is 11.0. The molecule has 2 aromatic carbocycles. The summed E-state index contributed by atoms with van der Waals surface area (Å²) in [5.41, 5.74) is 14.4. The molecule has 0 aliphatic heterocycles. The molecule has 78 valence electrons. The molecular formula is C12H10N4. The molecule has 0 aliphatic rings. The van der Waals surface area contributed by atoms with Gasteiger partial charge in [-0.25, -0.2) is 0 Å². The third kappa shape index (κ3) is 1.24. The van der Waals surface area contributed by atoms with E-state index in [1.165, 1.54) is 0 Å². The van der Waals surface area contributed by atoms with E-state index in [9.17, 15) is 0 Å². The molecule has 0 aliphatic carbocycles. The Labute approximate surface area is 91.9 Å². The summed E-state index contributed by atoms with van der Waals surface area (Å²) in [5.74, 6) is 0. The van der Waals surface area contributed by atoms with Crippen molar-refractivity contribution >= 4 is 33.2 Å². The Hall–Kier alpha value is -2.36. The number of nitrogens with zero attached hydrogens (tertiary/aromatic N) is 2. The third-order valence-corrected chi connectivity index (χ3v) is 2.60. The van der Waals surface area contributed by atoms with Crippen molar-refractivity contribution in [2.45, 2.75) is 0 Å². The molecule has 0 bridgehead atoms. The Morgan fingerprint density at radius 1 is 0.688 bits per heavy atom. The van der Waals surface area contributed by atoms with Crippen LogP contribution in [0.3, 0.4) is 0 Å². The highest BCUT2D eigenvalue weighted by molar-refractivity contribution is 6.04. The highest BCUT2D eigenvalue weighted by Gasteiger charge is 2.03. The maximum atomic E-state index is 5.70. The maximum absolute atomic E-state index is 5.70. The van der Waals surface area contributed by atoms with Gasteiger partial charge in [0.15, 0.2) is 0 Å². The van der Waals surface area contributed by atoms with Crippen LogP contribution in [0.1, 0.15) is 0 Å². The van der Waals surface area contributed by atoms with E-state index in [1.54, 1.807) is 0 Å². The van der Waals surface area contributed by atoms with Crippen molar-refractivity contribution in [1.82, 2.24) is 10.2 Å². The standard InChI is InChI=1S/C12H10N4/c13-7-1-3-9-10-4-2-8(14)6-12(10)16-15-11(9)5-7/h1-6H,13-14H2. The minimum atomic E-state index is 0.691. The smallest absolute Gasteiger partial charge is 0.0956 e. The zero-order valence-electron chi connectivity index (χ0n) is 8.51. The minimum absolute atomic E-state index is 0.691. The van der Waals surface area contributed by atoms with Crippen molar-refractivity contribution in [3.63, 3.8) is 0 Å². The molecule has 4 nitrogen and oxygen atoms in total. The van der Waals surface area contributed by atoms with Gasteiger partial charge < -0.3 is 11.5 Å². The molecule has 1 heterocycles. The molecule has 4 heteroatoms. The first kappa shape index (κ1) is 8.91. The van der Waals surface area contributed by atoms with Crippen LogP contribution in [-0.4, -0.2) is 10.2 Å². The van der Waals surface area contributed by atoms with Crippen LogP contribution in [-0.2, 0) is 0 Å². The lowest BCUT2D eigenvalue weighted by atomic mass is 10.1. The number of anilines is 2. The molecule has 0 radical (unpaired) electrons. The molecule has 16 heavy (non-hydrogen) atoms. The number of aromatic nitrogens is 2. The highest BCUT2D eigenvalue weighted by Crippen LogP contribution is 2.24. The van der Waals surface area contributed by atoms with Gasteiger partial charge in [0.25, 0.3) is 0 Å². The van der Waals surface area contributed by atoms with E-state index in [-0.39, 0.29) is 0 Å². The second kappa shape index (κ2) is 3.06. The summed E-state index contributed by atoms with van der Waals surface area (Å²) < 4.78 is 0. The SMILES string of the molecule is Nc1ccc2c(c1)nnc1cc(N)ccc12. The fraction of sp³-hybridized carbons (Fsp3) is 0. The van der Waals surface area contributed by atoms with Crippen LogP contribution in [0.25, 0.3) is 21.8 Å². The molecule has 0 fully saturated rings. The number of nitrogens with two attached hydrogens (primary N) is 2. The first-order chi connectivity index (χ1) is 7.74. The molecule has 0 amide bonds. The molecule has 0 atom stereocenters. The number of hydrogen-bond acceptors (Lipinski definition) is 4. The summed E-state index contributed by atoms with van der Waals surface area (Å²) >= 11 is 0. The number of hydrogen-bond donors (Lipinski definition) is 2. The highest BCUT2D eigenvalue weighted by atomic mass is 15.1. The third-order valence-electron chi connectivity index (χ3n) is 2.60. The van der Waals surface area contributed by atoms with Crippen molar-refractivity contribution in [3.8, 4) is 0 Å². The molecule has 0 saturated heterocycles. The van der Waals surface area contributed by atoms with Crippen molar-refractivity contribution in [2.75, 3.05) is 11.5 Å². The van der Waals surface area contributed by atoms with E-state index in [4.69, 9.17) is 11.5 Å². The van der Waals surface area contributed by atoms with E-state index in [0.29, 0.717) is 11.4 Å². The second-order valence-electron chi connectivity index (χ2n) is 3.75. The minimum Gasteiger partial charge on any atom is -0.399 e. The largest absolute Gasteiger partial charge is 0.399 e. The first-order valence-corrected chi connectivity index (χ1v) is 4.95. The van der Waals surface area contributed by atoms with Gasteiger partial charge in [-0.1, -0.05) is 12.1 Å². The predicted octanol–water partition coefficient (Wildman–Crippen LogP) is 1.95. The average Bonchev–Trinajstić information content (AvgIpc) is 2.28. The Morgan fingerprint density at radius 3 is 1.56 bits per heavy atom. The van der Waals surface area contributed by atoms with Crippen LogP contribution in [0, 0.1) is 0 Å². The first-order valence-electron chi connectivity index (χ1n) is 4.95. The molecule has 3 rings (SSSR count). The van der Waals surface area contributed by atoms with Gasteiger partial charge in [-0.05, 0) is 24.3 Å². The van der Waals surface area contributed by atoms with Gasteiger partial charge in [0.2, 0.25) is 0 Å². The second-order valence-corrected chi connectivity index (χ2v) is 3.75. The van der Waals surface area contributed by atoms with Gasteiger partial charge in [-0.3, -0.25) is 0 Å². The van der Waals surface area contributed by atoms with Crippen molar-refractivity contribution in [1.29, 1.82) is 0 Å². The monoisotopic (exact) mass is 210 g/mol. The Morgan fingerprint density at radius 2 is 1.12 bits per heavy atom. The van der Waals surface area contributed by atoms with Gasteiger partial charge in [0, 0.05) is 22.1 Å². The van der Waals surface area contributed by atoms with Crippen molar-refractivity contribution in [2.24, 2.45) is 0 Å². The molecule has 0 saturated carbocycles. The van der Waals surface area contributed by atoms with Gasteiger partial charge in [0.05, 0.1) is 11.0 Å². The summed E-state index contributed by atoms with van der Waals surface area (Å²) in [6.45, 7) is 0.